The van der Waals surface area contributed by atoms with Crippen LogP contribution in [0.15, 0.2) is 24.5 Å². The number of carbonyl (C=O) groups excluding carboxylic acids is 1. The van der Waals surface area contributed by atoms with Crippen molar-refractivity contribution in [2.75, 3.05) is 40.0 Å². The maximum absolute atomic E-state index is 12.9. The van der Waals surface area contributed by atoms with E-state index in [1.807, 2.05) is 25.3 Å². The Morgan fingerprint density at radius 3 is 3.10 bits per heavy atom. The van der Waals surface area contributed by atoms with Crippen LogP contribution in [0.1, 0.15) is 31.2 Å². The number of rotatable bonds is 7. The number of methoxy groups -OCH3 is 1. The van der Waals surface area contributed by atoms with E-state index < -0.39 is 0 Å². The van der Waals surface area contributed by atoms with Gasteiger partial charge in [-0.05, 0) is 13.0 Å². The molecular formula is C20H24N4O3S2. The monoisotopic (exact) mass is 432 g/mol. The second kappa shape index (κ2) is 9.27. The van der Waals surface area contributed by atoms with Crippen LogP contribution in [0.3, 0.4) is 0 Å². The van der Waals surface area contributed by atoms with Crippen molar-refractivity contribution in [2.24, 2.45) is 0 Å². The Bertz CT molecular complexity index is 987. The minimum absolute atomic E-state index is 0.0983. The Morgan fingerprint density at radius 2 is 2.31 bits per heavy atom. The third-order valence-electron chi connectivity index (χ3n) is 4.82. The summed E-state index contributed by atoms with van der Waals surface area (Å²) < 4.78 is 11.2. The first-order valence-electron chi connectivity index (χ1n) is 9.55. The van der Waals surface area contributed by atoms with Crippen LogP contribution in [-0.2, 0) is 16.0 Å². The number of fused-ring (bicyclic) bond motifs is 1. The van der Waals surface area contributed by atoms with E-state index in [1.165, 1.54) is 16.2 Å². The topological polar surface area (TPSA) is 76.6 Å². The SMILES string of the molecule is COCCNC(=O)c1sc2ncccc2c1[C@H]1CN(Cc2cnc(C)s2)CCO1. The van der Waals surface area contributed by atoms with Gasteiger partial charge in [0.25, 0.3) is 5.91 Å². The minimum atomic E-state index is -0.168. The van der Waals surface area contributed by atoms with Gasteiger partial charge in [-0.2, -0.15) is 0 Å². The molecular weight excluding hydrogens is 408 g/mol. The molecule has 1 aliphatic rings. The van der Waals surface area contributed by atoms with Gasteiger partial charge in [0.2, 0.25) is 0 Å². The summed E-state index contributed by atoms with van der Waals surface area (Å²) >= 11 is 3.15. The zero-order chi connectivity index (χ0) is 20.2. The van der Waals surface area contributed by atoms with Gasteiger partial charge in [0.05, 0.1) is 24.3 Å². The number of nitrogens with zero attached hydrogens (tertiary/aromatic N) is 3. The highest BCUT2D eigenvalue weighted by Gasteiger charge is 2.30. The lowest BCUT2D eigenvalue weighted by Crippen LogP contribution is -2.38. The summed E-state index contributed by atoms with van der Waals surface area (Å²) in [6, 6.07) is 3.93. The number of hydrogen-bond donors (Lipinski definition) is 1. The van der Waals surface area contributed by atoms with Crippen molar-refractivity contribution in [3.05, 3.63) is 44.9 Å². The van der Waals surface area contributed by atoms with E-state index in [2.05, 4.69) is 20.2 Å². The summed E-state index contributed by atoms with van der Waals surface area (Å²) in [4.78, 5) is 26.8. The van der Waals surface area contributed by atoms with Crippen molar-refractivity contribution in [3.8, 4) is 0 Å². The maximum Gasteiger partial charge on any atom is 0.261 e. The van der Waals surface area contributed by atoms with Crippen LogP contribution in [0.2, 0.25) is 0 Å². The van der Waals surface area contributed by atoms with Crippen LogP contribution in [0.4, 0.5) is 0 Å². The van der Waals surface area contributed by atoms with Crippen molar-refractivity contribution >= 4 is 38.8 Å². The number of thiazole rings is 1. The fourth-order valence-corrected chi connectivity index (χ4v) is 5.45. The summed E-state index contributed by atoms with van der Waals surface area (Å²) in [5.41, 5.74) is 0.943. The number of thiophene rings is 1. The Hall–Kier alpha value is -1.91. The molecule has 1 saturated heterocycles. The molecule has 4 heterocycles. The zero-order valence-electron chi connectivity index (χ0n) is 16.5. The third kappa shape index (κ3) is 4.65. The zero-order valence-corrected chi connectivity index (χ0v) is 18.1. The van der Waals surface area contributed by atoms with Crippen molar-refractivity contribution < 1.29 is 14.3 Å². The highest BCUT2D eigenvalue weighted by Crippen LogP contribution is 2.37. The molecule has 3 aromatic rings. The van der Waals surface area contributed by atoms with Crippen LogP contribution in [0.25, 0.3) is 10.2 Å². The van der Waals surface area contributed by atoms with E-state index in [4.69, 9.17) is 9.47 Å². The average molecular weight is 433 g/mol. The molecule has 1 aliphatic heterocycles. The molecule has 9 heteroatoms. The van der Waals surface area contributed by atoms with Crippen LogP contribution in [0.5, 0.6) is 0 Å². The van der Waals surface area contributed by atoms with Crippen molar-refractivity contribution in [2.45, 2.75) is 19.6 Å². The number of amides is 1. The molecule has 154 valence electrons. The lowest BCUT2D eigenvalue weighted by atomic mass is 10.0. The van der Waals surface area contributed by atoms with Gasteiger partial charge in [-0.25, -0.2) is 9.97 Å². The molecule has 3 aromatic heterocycles. The molecule has 1 amide bonds. The van der Waals surface area contributed by atoms with Gasteiger partial charge in [-0.1, -0.05) is 6.07 Å². The normalized spacial score (nSPS) is 17.7. The van der Waals surface area contributed by atoms with Gasteiger partial charge in [-0.3, -0.25) is 9.69 Å². The van der Waals surface area contributed by atoms with Gasteiger partial charge in [0, 0.05) is 61.5 Å². The molecule has 1 fully saturated rings. The molecule has 0 unspecified atom stereocenters. The summed E-state index contributed by atoms with van der Waals surface area (Å²) in [6.07, 6.45) is 3.54. The number of pyridine rings is 1. The lowest BCUT2D eigenvalue weighted by molar-refractivity contribution is -0.0320. The first-order chi connectivity index (χ1) is 14.2. The number of nitrogens with one attached hydrogen (secondary N) is 1. The molecule has 1 N–H and O–H groups in total. The summed E-state index contributed by atoms with van der Waals surface area (Å²) in [7, 11) is 1.62. The van der Waals surface area contributed by atoms with E-state index >= 15 is 0 Å². The Kier molecular flexibility index (Phi) is 6.51. The highest BCUT2D eigenvalue weighted by atomic mass is 32.1. The van der Waals surface area contributed by atoms with Gasteiger partial charge in [0.1, 0.15) is 9.71 Å². The van der Waals surface area contributed by atoms with E-state index in [0.29, 0.717) is 24.6 Å². The fourth-order valence-electron chi connectivity index (χ4n) is 3.51. The molecule has 0 aliphatic carbocycles. The maximum atomic E-state index is 12.9. The van der Waals surface area contributed by atoms with Crippen molar-refractivity contribution in [3.63, 3.8) is 0 Å². The number of carbonyl (C=O) groups is 1. The smallest absolute Gasteiger partial charge is 0.261 e. The average Bonchev–Trinajstić information content (AvgIpc) is 3.31. The van der Waals surface area contributed by atoms with E-state index in [9.17, 15) is 4.79 Å². The number of aromatic nitrogens is 2. The molecule has 0 radical (unpaired) electrons. The number of hydrogen-bond acceptors (Lipinski definition) is 8. The molecule has 7 nitrogen and oxygen atoms in total. The molecule has 1 atom stereocenters. The van der Waals surface area contributed by atoms with Crippen LogP contribution in [0, 0.1) is 6.92 Å². The summed E-state index contributed by atoms with van der Waals surface area (Å²) in [5.74, 6) is -0.0983. The van der Waals surface area contributed by atoms with Gasteiger partial charge < -0.3 is 14.8 Å². The van der Waals surface area contributed by atoms with Gasteiger partial charge in [0.15, 0.2) is 0 Å². The standard InChI is InChI=1S/C20H24N4O3S2/c1-13-23-10-14(28-13)11-24-7-9-27-16(12-24)17-15-4-3-5-22-20(15)29-18(17)19(25)21-6-8-26-2/h3-5,10,16H,6-9,11-12H2,1-2H3,(H,21,25)/t16-/m1/s1. The Labute approximate surface area is 177 Å². The Balaban J connectivity index is 1.59. The number of aryl methyl sites for hydroxylation is 1. The van der Waals surface area contributed by atoms with Crippen LogP contribution < -0.4 is 5.32 Å². The molecule has 0 spiro atoms. The molecule has 0 bridgehead atoms. The predicted molar refractivity (Wildman–Crippen MR) is 115 cm³/mol. The van der Waals surface area contributed by atoms with E-state index in [1.54, 1.807) is 24.6 Å². The molecule has 4 rings (SSSR count). The number of ether oxygens (including phenoxy) is 2. The lowest BCUT2D eigenvalue weighted by Gasteiger charge is -2.33. The predicted octanol–water partition coefficient (Wildman–Crippen LogP) is 3.01. The second-order valence-electron chi connectivity index (χ2n) is 6.89. The second-order valence-corrected chi connectivity index (χ2v) is 9.21. The number of morpholine rings is 1. The summed E-state index contributed by atoms with van der Waals surface area (Å²) in [5, 5.41) is 5.01. The largest absolute Gasteiger partial charge is 0.383 e. The first-order valence-corrected chi connectivity index (χ1v) is 11.2. The first kappa shape index (κ1) is 20.4. The van der Waals surface area contributed by atoms with E-state index in [-0.39, 0.29) is 12.0 Å². The minimum Gasteiger partial charge on any atom is -0.383 e. The fraction of sp³-hybridized carbons (Fsp3) is 0.450. The van der Waals surface area contributed by atoms with Crippen molar-refractivity contribution in [1.82, 2.24) is 20.2 Å². The van der Waals surface area contributed by atoms with Crippen LogP contribution in [-0.4, -0.2) is 60.7 Å². The van der Waals surface area contributed by atoms with Crippen LogP contribution >= 0.6 is 22.7 Å². The van der Waals surface area contributed by atoms with Gasteiger partial charge >= 0.3 is 0 Å². The third-order valence-corrected chi connectivity index (χ3v) is 6.85. The summed E-state index contributed by atoms with van der Waals surface area (Å²) in [6.45, 7) is 6.05. The highest BCUT2D eigenvalue weighted by molar-refractivity contribution is 7.20. The molecule has 0 aromatic carbocycles. The molecule has 0 saturated carbocycles. The quantitative estimate of drug-likeness (QED) is 0.579. The van der Waals surface area contributed by atoms with Crippen molar-refractivity contribution in [1.29, 1.82) is 0 Å². The van der Waals surface area contributed by atoms with Gasteiger partial charge in [-0.15, -0.1) is 22.7 Å². The van der Waals surface area contributed by atoms with E-state index in [0.717, 1.165) is 40.4 Å². The Morgan fingerprint density at radius 1 is 1.41 bits per heavy atom. The molecule has 29 heavy (non-hydrogen) atoms.